The van der Waals surface area contributed by atoms with E-state index in [-0.39, 0.29) is 18.3 Å². The number of anilines is 2. The molecule has 1 N–H and O–H groups in total. The van der Waals surface area contributed by atoms with Gasteiger partial charge in [-0.05, 0) is 42.0 Å². The summed E-state index contributed by atoms with van der Waals surface area (Å²) < 4.78 is 28.9. The first-order chi connectivity index (χ1) is 14.0. The molecular formula is C20H18ClF2N5O. The summed E-state index contributed by atoms with van der Waals surface area (Å²) in [5, 5.41) is 3.51. The minimum Gasteiger partial charge on any atom is -0.366 e. The summed E-state index contributed by atoms with van der Waals surface area (Å²) in [4.78, 5) is 22.2. The Morgan fingerprint density at radius 2 is 1.83 bits per heavy atom. The molecule has 2 atom stereocenters. The Morgan fingerprint density at radius 3 is 2.52 bits per heavy atom. The lowest BCUT2D eigenvalue weighted by Crippen LogP contribution is -2.33. The molecule has 1 unspecified atom stereocenters. The highest BCUT2D eigenvalue weighted by molar-refractivity contribution is 6.30. The molecule has 0 spiro atoms. The van der Waals surface area contributed by atoms with E-state index in [0.717, 1.165) is 11.3 Å². The van der Waals surface area contributed by atoms with Crippen LogP contribution >= 0.6 is 11.6 Å². The molecule has 1 aromatic heterocycles. The Hall–Kier alpha value is -3.00. The Morgan fingerprint density at radius 1 is 1.10 bits per heavy atom. The highest BCUT2D eigenvalue weighted by Gasteiger charge is 2.33. The van der Waals surface area contributed by atoms with Crippen LogP contribution in [-0.4, -0.2) is 39.8 Å². The molecule has 0 radical (unpaired) electrons. The van der Waals surface area contributed by atoms with Crippen molar-refractivity contribution >= 4 is 23.2 Å². The number of nitrogens with zero attached hydrogens (tertiary/aromatic N) is 4. The van der Waals surface area contributed by atoms with Crippen molar-refractivity contribution in [3.63, 3.8) is 0 Å². The van der Waals surface area contributed by atoms with Gasteiger partial charge in [0.1, 0.15) is 18.3 Å². The summed E-state index contributed by atoms with van der Waals surface area (Å²) >= 11 is 5.86. The topological polar surface area (TPSA) is 63.1 Å². The molecule has 1 aliphatic rings. The van der Waals surface area contributed by atoms with E-state index in [1.165, 1.54) is 23.0 Å². The number of alkyl halides is 1. The van der Waals surface area contributed by atoms with Gasteiger partial charge >= 0.3 is 5.69 Å². The van der Waals surface area contributed by atoms with E-state index in [0.29, 0.717) is 18.1 Å². The van der Waals surface area contributed by atoms with Crippen molar-refractivity contribution in [3.05, 3.63) is 81.7 Å². The SMILES string of the molecule is O=c1nc(N[C@@H]2CN(c3ccc(F)cc3)CC2F)ncn1Cc1ccc(Cl)cc1. The van der Waals surface area contributed by atoms with E-state index in [9.17, 15) is 13.6 Å². The van der Waals surface area contributed by atoms with Gasteiger partial charge in [-0.25, -0.2) is 18.6 Å². The molecule has 0 amide bonds. The van der Waals surface area contributed by atoms with E-state index in [2.05, 4.69) is 15.3 Å². The van der Waals surface area contributed by atoms with Gasteiger partial charge < -0.3 is 10.2 Å². The van der Waals surface area contributed by atoms with Gasteiger partial charge in [0.05, 0.1) is 19.1 Å². The fraction of sp³-hybridized carbons (Fsp3) is 0.250. The van der Waals surface area contributed by atoms with Crippen LogP contribution < -0.4 is 15.9 Å². The molecule has 1 aliphatic heterocycles. The van der Waals surface area contributed by atoms with Crippen molar-refractivity contribution < 1.29 is 8.78 Å². The molecule has 6 nitrogen and oxygen atoms in total. The van der Waals surface area contributed by atoms with Gasteiger partial charge in [0.25, 0.3) is 0 Å². The number of nitrogens with one attached hydrogen (secondary N) is 1. The zero-order valence-electron chi connectivity index (χ0n) is 15.3. The second-order valence-corrected chi connectivity index (χ2v) is 7.30. The number of hydrogen-bond acceptors (Lipinski definition) is 5. The lowest BCUT2D eigenvalue weighted by molar-refractivity contribution is 0.343. The summed E-state index contributed by atoms with van der Waals surface area (Å²) in [7, 11) is 0. The fourth-order valence-electron chi connectivity index (χ4n) is 3.25. The van der Waals surface area contributed by atoms with Crippen molar-refractivity contribution in [2.24, 2.45) is 0 Å². The summed E-state index contributed by atoms with van der Waals surface area (Å²) in [5.74, 6) is -0.261. The van der Waals surface area contributed by atoms with Crippen molar-refractivity contribution in [3.8, 4) is 0 Å². The van der Waals surface area contributed by atoms with Gasteiger partial charge in [0, 0.05) is 17.3 Å². The van der Waals surface area contributed by atoms with Crippen LogP contribution in [0.25, 0.3) is 0 Å². The lowest BCUT2D eigenvalue weighted by atomic mass is 10.2. The predicted molar refractivity (Wildman–Crippen MR) is 108 cm³/mol. The molecular weight excluding hydrogens is 400 g/mol. The number of aromatic nitrogens is 3. The van der Waals surface area contributed by atoms with Crippen molar-refractivity contribution in [1.29, 1.82) is 0 Å². The van der Waals surface area contributed by atoms with Crippen LogP contribution in [0.3, 0.4) is 0 Å². The van der Waals surface area contributed by atoms with Crippen LogP contribution in [0.5, 0.6) is 0 Å². The first-order valence-corrected chi connectivity index (χ1v) is 9.45. The van der Waals surface area contributed by atoms with E-state index >= 15 is 0 Å². The highest BCUT2D eigenvalue weighted by atomic mass is 35.5. The smallest absolute Gasteiger partial charge is 0.352 e. The zero-order chi connectivity index (χ0) is 20.4. The maximum Gasteiger partial charge on any atom is 0.352 e. The normalized spacial score (nSPS) is 18.8. The van der Waals surface area contributed by atoms with Gasteiger partial charge in [0.15, 0.2) is 0 Å². The van der Waals surface area contributed by atoms with Crippen molar-refractivity contribution in [2.45, 2.75) is 18.8 Å². The molecule has 29 heavy (non-hydrogen) atoms. The largest absolute Gasteiger partial charge is 0.366 e. The number of rotatable bonds is 5. The van der Waals surface area contributed by atoms with Crippen LogP contribution in [0.4, 0.5) is 20.4 Å². The fourth-order valence-corrected chi connectivity index (χ4v) is 3.38. The highest BCUT2D eigenvalue weighted by Crippen LogP contribution is 2.23. The first-order valence-electron chi connectivity index (χ1n) is 9.07. The summed E-state index contributed by atoms with van der Waals surface area (Å²) in [6.07, 6.45) is 0.201. The van der Waals surface area contributed by atoms with E-state index < -0.39 is 17.9 Å². The molecule has 0 saturated carbocycles. The molecule has 2 aromatic carbocycles. The first kappa shape index (κ1) is 19.3. The average Bonchev–Trinajstić information content (AvgIpc) is 3.06. The molecule has 1 fully saturated rings. The Kier molecular flexibility index (Phi) is 5.44. The lowest BCUT2D eigenvalue weighted by Gasteiger charge is -2.18. The Bertz CT molecular complexity index is 1040. The summed E-state index contributed by atoms with van der Waals surface area (Å²) in [6.45, 7) is 0.824. The van der Waals surface area contributed by atoms with Crippen LogP contribution in [-0.2, 0) is 6.54 Å². The van der Waals surface area contributed by atoms with Crippen LogP contribution in [0.15, 0.2) is 59.7 Å². The van der Waals surface area contributed by atoms with Crippen molar-refractivity contribution in [1.82, 2.24) is 14.5 Å². The minimum atomic E-state index is -1.18. The standard InChI is InChI=1S/C20H18ClF2N5O/c21-14-3-1-13(2-4-14)9-28-12-24-19(26-20(28)29)25-18-11-27(10-17(18)23)16-7-5-15(22)6-8-16/h1-8,12,17-18H,9-11H2,(H,25,26,29)/t17?,18-/m1/s1. The summed E-state index contributed by atoms with van der Waals surface area (Å²) in [6, 6.07) is 12.4. The second kappa shape index (κ2) is 8.16. The Labute approximate surface area is 170 Å². The van der Waals surface area contributed by atoms with Crippen LogP contribution in [0.2, 0.25) is 5.02 Å². The van der Waals surface area contributed by atoms with Crippen LogP contribution in [0, 0.1) is 5.82 Å². The molecule has 0 bridgehead atoms. The third kappa shape index (κ3) is 4.54. The monoisotopic (exact) mass is 417 g/mol. The van der Waals surface area contributed by atoms with E-state index in [4.69, 9.17) is 11.6 Å². The average molecular weight is 418 g/mol. The van der Waals surface area contributed by atoms with Crippen molar-refractivity contribution in [2.75, 3.05) is 23.3 Å². The zero-order valence-corrected chi connectivity index (χ0v) is 16.1. The molecule has 2 heterocycles. The third-order valence-corrected chi connectivity index (χ3v) is 5.04. The quantitative estimate of drug-likeness (QED) is 0.691. The van der Waals surface area contributed by atoms with Gasteiger partial charge in [0.2, 0.25) is 5.95 Å². The molecule has 1 saturated heterocycles. The molecule has 9 heteroatoms. The molecule has 4 rings (SSSR count). The molecule has 0 aliphatic carbocycles. The van der Waals surface area contributed by atoms with Gasteiger partial charge in [-0.15, -0.1) is 0 Å². The predicted octanol–water partition coefficient (Wildman–Crippen LogP) is 3.12. The maximum atomic E-state index is 14.5. The minimum absolute atomic E-state index is 0.0796. The number of hydrogen-bond donors (Lipinski definition) is 1. The van der Waals surface area contributed by atoms with E-state index in [1.54, 1.807) is 24.3 Å². The molecule has 3 aromatic rings. The third-order valence-electron chi connectivity index (χ3n) is 4.79. The Balaban J connectivity index is 1.42. The summed E-state index contributed by atoms with van der Waals surface area (Å²) in [5.41, 5.74) is 1.13. The second-order valence-electron chi connectivity index (χ2n) is 6.87. The van der Waals surface area contributed by atoms with Gasteiger partial charge in [-0.1, -0.05) is 23.7 Å². The maximum absolute atomic E-state index is 14.5. The van der Waals surface area contributed by atoms with Gasteiger partial charge in [-0.3, -0.25) is 4.57 Å². The van der Waals surface area contributed by atoms with Gasteiger partial charge in [-0.2, -0.15) is 4.98 Å². The van der Waals surface area contributed by atoms with E-state index in [1.807, 2.05) is 17.0 Å². The molecule has 150 valence electrons. The number of benzene rings is 2. The van der Waals surface area contributed by atoms with Crippen LogP contribution in [0.1, 0.15) is 5.56 Å². The number of halogens is 3.